The van der Waals surface area contributed by atoms with Gasteiger partial charge in [0.1, 0.15) is 11.6 Å². The number of hydrogen-bond donors (Lipinski definition) is 1. The molecule has 0 unspecified atom stereocenters. The number of ether oxygens (including phenoxy) is 2. The number of aliphatic hydroxyl groups is 1. The van der Waals surface area contributed by atoms with Crippen molar-refractivity contribution >= 4 is 33.5 Å². The zero-order chi connectivity index (χ0) is 14.9. The highest BCUT2D eigenvalue weighted by Gasteiger charge is 2.17. The summed E-state index contributed by atoms with van der Waals surface area (Å²) in [7, 11) is 3.13. The Kier molecular flexibility index (Phi) is 4.61. The Morgan fingerprint density at radius 1 is 1.45 bits per heavy atom. The molecule has 1 aromatic carbocycles. The highest BCUT2D eigenvalue weighted by Crippen LogP contribution is 2.27. The number of aryl methyl sites for hydroxylation is 1. The molecule has 0 saturated heterocycles. The summed E-state index contributed by atoms with van der Waals surface area (Å²) in [5, 5.41) is 9.61. The molecule has 2 rings (SSSR count). The number of methoxy groups -OCH3 is 1. The van der Waals surface area contributed by atoms with E-state index in [-0.39, 0.29) is 30.0 Å². The Bertz CT molecular complexity index is 714. The van der Waals surface area contributed by atoms with Crippen molar-refractivity contribution < 1.29 is 19.0 Å². The van der Waals surface area contributed by atoms with Gasteiger partial charge in [0, 0.05) is 20.2 Å². The SMILES string of the molecule is COCOc1cc(F)cc2c(=O)c(I)c(CO)n(C)c12. The van der Waals surface area contributed by atoms with Gasteiger partial charge in [-0.05, 0) is 28.7 Å². The topological polar surface area (TPSA) is 60.7 Å². The number of halogens is 2. The van der Waals surface area contributed by atoms with Crippen molar-refractivity contribution in [2.45, 2.75) is 6.61 Å². The Morgan fingerprint density at radius 2 is 2.15 bits per heavy atom. The Labute approximate surface area is 128 Å². The number of aromatic nitrogens is 1. The quantitative estimate of drug-likeness (QED) is 0.636. The van der Waals surface area contributed by atoms with Gasteiger partial charge in [-0.3, -0.25) is 4.79 Å². The second-order valence-corrected chi connectivity index (χ2v) is 5.24. The fourth-order valence-electron chi connectivity index (χ4n) is 2.03. The third kappa shape index (κ3) is 2.52. The van der Waals surface area contributed by atoms with Crippen LogP contribution in [0.1, 0.15) is 5.69 Å². The number of hydrogen-bond acceptors (Lipinski definition) is 4. The number of nitrogens with zero attached hydrogens (tertiary/aromatic N) is 1. The van der Waals surface area contributed by atoms with Crippen molar-refractivity contribution in [3.8, 4) is 5.75 Å². The number of aliphatic hydroxyl groups excluding tert-OH is 1. The van der Waals surface area contributed by atoms with Gasteiger partial charge in [-0.1, -0.05) is 0 Å². The first-order valence-electron chi connectivity index (χ1n) is 5.74. The summed E-state index contributed by atoms with van der Waals surface area (Å²) in [6.45, 7) is -0.353. The van der Waals surface area contributed by atoms with Crippen LogP contribution in [0.4, 0.5) is 4.39 Å². The van der Waals surface area contributed by atoms with E-state index < -0.39 is 5.82 Å². The summed E-state index contributed by atoms with van der Waals surface area (Å²) in [4.78, 5) is 12.3. The predicted molar refractivity (Wildman–Crippen MR) is 80.3 cm³/mol. The largest absolute Gasteiger partial charge is 0.465 e. The highest BCUT2D eigenvalue weighted by molar-refractivity contribution is 14.1. The summed E-state index contributed by atoms with van der Waals surface area (Å²) >= 11 is 1.85. The van der Waals surface area contributed by atoms with Crippen molar-refractivity contribution in [1.29, 1.82) is 0 Å². The number of rotatable bonds is 4. The average Bonchev–Trinajstić information content (AvgIpc) is 2.42. The number of fused-ring (bicyclic) bond motifs is 1. The summed E-state index contributed by atoms with van der Waals surface area (Å²) < 4.78 is 25.7. The van der Waals surface area contributed by atoms with Crippen LogP contribution in [0, 0.1) is 9.39 Å². The van der Waals surface area contributed by atoms with Gasteiger partial charge in [0.2, 0.25) is 5.43 Å². The van der Waals surface area contributed by atoms with Gasteiger partial charge in [0.15, 0.2) is 6.79 Å². The van der Waals surface area contributed by atoms with Gasteiger partial charge < -0.3 is 19.1 Å². The fourth-order valence-corrected chi connectivity index (χ4v) is 2.86. The zero-order valence-corrected chi connectivity index (χ0v) is 13.1. The van der Waals surface area contributed by atoms with Crippen molar-refractivity contribution in [3.05, 3.63) is 37.4 Å². The third-order valence-electron chi connectivity index (χ3n) is 2.96. The van der Waals surface area contributed by atoms with E-state index in [1.54, 1.807) is 11.6 Å². The summed E-state index contributed by atoms with van der Waals surface area (Å²) in [5.41, 5.74) is 0.555. The molecule has 5 nitrogen and oxygen atoms in total. The molecule has 0 radical (unpaired) electrons. The van der Waals surface area contributed by atoms with Crippen LogP contribution >= 0.6 is 22.6 Å². The van der Waals surface area contributed by atoms with Crippen LogP contribution in [0.25, 0.3) is 10.9 Å². The van der Waals surface area contributed by atoms with Crippen LogP contribution in [-0.2, 0) is 18.4 Å². The van der Waals surface area contributed by atoms with Crippen LogP contribution < -0.4 is 10.2 Å². The molecule has 0 spiro atoms. The minimum Gasteiger partial charge on any atom is -0.465 e. The van der Waals surface area contributed by atoms with Crippen LogP contribution in [0.5, 0.6) is 5.75 Å². The zero-order valence-electron chi connectivity index (χ0n) is 10.9. The lowest BCUT2D eigenvalue weighted by Crippen LogP contribution is -2.18. The first-order chi connectivity index (χ1) is 9.51. The van der Waals surface area contributed by atoms with Crippen LogP contribution in [0.15, 0.2) is 16.9 Å². The Balaban J connectivity index is 2.87. The maximum atomic E-state index is 13.6. The van der Waals surface area contributed by atoms with Crippen molar-refractivity contribution in [1.82, 2.24) is 4.57 Å². The van der Waals surface area contributed by atoms with Gasteiger partial charge in [0.25, 0.3) is 0 Å². The molecule has 2 aromatic rings. The molecule has 0 aliphatic rings. The normalized spacial score (nSPS) is 11.1. The lowest BCUT2D eigenvalue weighted by atomic mass is 10.1. The predicted octanol–water partition coefficient (Wildman–Crippen LogP) is 1.76. The molecule has 0 atom stereocenters. The van der Waals surface area contributed by atoms with Gasteiger partial charge in [-0.2, -0.15) is 0 Å². The maximum absolute atomic E-state index is 13.6. The molecule has 1 N–H and O–H groups in total. The molecular weight excluding hydrogens is 380 g/mol. The molecule has 1 heterocycles. The smallest absolute Gasteiger partial charge is 0.203 e. The molecule has 108 valence electrons. The molecule has 0 amide bonds. The van der Waals surface area contributed by atoms with Gasteiger partial charge >= 0.3 is 0 Å². The van der Waals surface area contributed by atoms with Crippen LogP contribution in [-0.4, -0.2) is 23.6 Å². The van der Waals surface area contributed by atoms with E-state index in [4.69, 9.17) is 9.47 Å². The van der Waals surface area contributed by atoms with Crippen molar-refractivity contribution in [2.24, 2.45) is 7.05 Å². The standard InChI is InChI=1S/C13H13FINO4/c1-16-9(5-17)11(15)13(18)8-3-7(14)4-10(12(8)16)20-6-19-2/h3-4,17H,5-6H2,1-2H3. The molecule has 1 aromatic heterocycles. The number of benzene rings is 1. The minimum absolute atomic E-state index is 0.0623. The summed E-state index contributed by atoms with van der Waals surface area (Å²) in [5.74, 6) is -0.360. The molecule has 0 fully saturated rings. The van der Waals surface area contributed by atoms with E-state index in [2.05, 4.69) is 0 Å². The molecule has 0 aliphatic heterocycles. The summed E-state index contributed by atoms with van der Waals surface area (Å²) in [6.07, 6.45) is 0. The molecule has 20 heavy (non-hydrogen) atoms. The number of pyridine rings is 1. The molecule has 0 bridgehead atoms. The van der Waals surface area contributed by atoms with Gasteiger partial charge in [-0.25, -0.2) is 4.39 Å². The molecule has 0 saturated carbocycles. The van der Waals surface area contributed by atoms with Crippen LogP contribution in [0.3, 0.4) is 0 Å². The first kappa shape index (κ1) is 15.2. The fraction of sp³-hybridized carbons (Fsp3) is 0.308. The van der Waals surface area contributed by atoms with Crippen molar-refractivity contribution in [3.63, 3.8) is 0 Å². The van der Waals surface area contributed by atoms with Gasteiger partial charge in [0.05, 0.1) is 26.8 Å². The Morgan fingerprint density at radius 3 is 2.75 bits per heavy atom. The maximum Gasteiger partial charge on any atom is 0.203 e. The third-order valence-corrected chi connectivity index (χ3v) is 4.07. The lowest BCUT2D eigenvalue weighted by Gasteiger charge is -2.16. The molecule has 7 heteroatoms. The second-order valence-electron chi connectivity index (χ2n) is 4.16. The highest BCUT2D eigenvalue weighted by atomic mass is 127. The van der Waals surface area contributed by atoms with E-state index in [9.17, 15) is 14.3 Å². The van der Waals surface area contributed by atoms with E-state index >= 15 is 0 Å². The van der Waals surface area contributed by atoms with Crippen LogP contribution in [0.2, 0.25) is 0 Å². The van der Waals surface area contributed by atoms with E-state index in [0.717, 1.165) is 0 Å². The van der Waals surface area contributed by atoms with Crippen molar-refractivity contribution in [2.75, 3.05) is 13.9 Å². The van der Waals surface area contributed by atoms with Gasteiger partial charge in [-0.15, -0.1) is 0 Å². The lowest BCUT2D eigenvalue weighted by molar-refractivity contribution is 0.0517. The monoisotopic (exact) mass is 393 g/mol. The second kappa shape index (κ2) is 6.06. The Hall–Kier alpha value is -1.19. The van der Waals surface area contributed by atoms with E-state index in [1.165, 1.54) is 19.2 Å². The first-order valence-corrected chi connectivity index (χ1v) is 6.82. The summed E-state index contributed by atoms with van der Waals surface area (Å²) in [6, 6.07) is 2.36. The molecule has 0 aliphatic carbocycles. The van der Waals surface area contributed by atoms with E-state index in [1.807, 2.05) is 22.6 Å². The van der Waals surface area contributed by atoms with E-state index in [0.29, 0.717) is 14.8 Å². The minimum atomic E-state index is -0.562. The molecular formula is C13H13FINO4. The average molecular weight is 393 g/mol.